The number of hydrogen-bond acceptors (Lipinski definition) is 5. The van der Waals surface area contributed by atoms with Crippen LogP contribution in [0.25, 0.3) is 0 Å². The molecule has 106 valence electrons. The second kappa shape index (κ2) is 5.60. The summed E-state index contributed by atoms with van der Waals surface area (Å²) in [5, 5.41) is 1.68. The number of aryl methyl sites for hydroxylation is 1. The first-order valence-corrected chi connectivity index (χ1v) is 8.47. The molecule has 1 aromatic rings. The Labute approximate surface area is 117 Å². The molecule has 0 amide bonds. The molecular weight excluding hydrogens is 286 g/mol. The fourth-order valence-corrected chi connectivity index (χ4v) is 5.40. The van der Waals surface area contributed by atoms with Gasteiger partial charge in [-0.25, -0.2) is 13.2 Å². The van der Waals surface area contributed by atoms with Crippen LogP contribution in [0.1, 0.15) is 34.5 Å². The summed E-state index contributed by atoms with van der Waals surface area (Å²) in [5.74, 6) is -0.589. The molecule has 5 nitrogen and oxygen atoms in total. The maximum atomic E-state index is 12.6. The number of sulfonamides is 1. The minimum Gasteiger partial charge on any atom is -0.465 e. The summed E-state index contributed by atoms with van der Waals surface area (Å²) in [6.07, 6.45) is 2.80. The van der Waals surface area contributed by atoms with Crippen molar-refractivity contribution in [3.05, 3.63) is 15.8 Å². The number of ether oxygens (including phenoxy) is 1. The molecule has 0 bridgehead atoms. The van der Waals surface area contributed by atoms with E-state index in [1.54, 1.807) is 12.3 Å². The molecule has 1 aliphatic heterocycles. The van der Waals surface area contributed by atoms with Gasteiger partial charge in [0.25, 0.3) is 0 Å². The first-order valence-electron chi connectivity index (χ1n) is 6.15. The number of nitrogens with zero attached hydrogens (tertiary/aromatic N) is 1. The number of rotatable bonds is 3. The molecule has 0 atom stereocenters. The van der Waals surface area contributed by atoms with Gasteiger partial charge in [-0.2, -0.15) is 4.31 Å². The van der Waals surface area contributed by atoms with E-state index >= 15 is 0 Å². The molecule has 0 N–H and O–H groups in total. The number of piperidine rings is 1. The first-order chi connectivity index (χ1) is 8.98. The van der Waals surface area contributed by atoms with Crippen LogP contribution < -0.4 is 0 Å². The van der Waals surface area contributed by atoms with Gasteiger partial charge in [-0.3, -0.25) is 0 Å². The lowest BCUT2D eigenvalue weighted by Gasteiger charge is -2.26. The van der Waals surface area contributed by atoms with E-state index in [-0.39, 0.29) is 9.77 Å². The third-order valence-electron chi connectivity index (χ3n) is 3.20. The van der Waals surface area contributed by atoms with Crippen LogP contribution in [-0.4, -0.2) is 38.9 Å². The maximum absolute atomic E-state index is 12.6. The van der Waals surface area contributed by atoms with E-state index in [4.69, 9.17) is 0 Å². The molecule has 1 aliphatic rings. The van der Waals surface area contributed by atoms with Gasteiger partial charge in [0.15, 0.2) is 0 Å². The number of esters is 1. The Balaban J connectivity index is 2.45. The highest BCUT2D eigenvalue weighted by Gasteiger charge is 2.33. The molecule has 1 fully saturated rings. The van der Waals surface area contributed by atoms with Crippen LogP contribution >= 0.6 is 11.3 Å². The Morgan fingerprint density at radius 1 is 1.32 bits per heavy atom. The van der Waals surface area contributed by atoms with Gasteiger partial charge in [-0.05, 0) is 30.7 Å². The van der Waals surface area contributed by atoms with Crippen molar-refractivity contribution in [2.75, 3.05) is 20.2 Å². The number of hydrogen-bond donors (Lipinski definition) is 0. The fraction of sp³-hybridized carbons (Fsp3) is 0.583. The zero-order valence-electron chi connectivity index (χ0n) is 11.0. The lowest BCUT2D eigenvalue weighted by atomic mass is 10.2. The number of carbonyl (C=O) groups excluding carboxylic acids is 1. The lowest BCUT2D eigenvalue weighted by Crippen LogP contribution is -2.36. The normalized spacial score (nSPS) is 17.4. The zero-order valence-corrected chi connectivity index (χ0v) is 12.6. The molecule has 19 heavy (non-hydrogen) atoms. The fourth-order valence-electron chi connectivity index (χ4n) is 2.22. The van der Waals surface area contributed by atoms with Gasteiger partial charge in [0.05, 0.1) is 7.11 Å². The van der Waals surface area contributed by atoms with Crippen molar-refractivity contribution in [1.82, 2.24) is 4.31 Å². The minimum atomic E-state index is -3.59. The van der Waals surface area contributed by atoms with Crippen molar-refractivity contribution in [2.24, 2.45) is 0 Å². The predicted molar refractivity (Wildman–Crippen MR) is 73.0 cm³/mol. The molecule has 2 rings (SSSR count). The highest BCUT2D eigenvalue weighted by atomic mass is 32.2. The van der Waals surface area contributed by atoms with Crippen LogP contribution in [0.15, 0.2) is 10.3 Å². The Hall–Kier alpha value is -0.920. The van der Waals surface area contributed by atoms with Crippen molar-refractivity contribution in [2.45, 2.75) is 31.1 Å². The van der Waals surface area contributed by atoms with Crippen molar-refractivity contribution in [3.63, 3.8) is 0 Å². The summed E-state index contributed by atoms with van der Waals surface area (Å²) >= 11 is 1.12. The summed E-state index contributed by atoms with van der Waals surface area (Å²) in [6, 6.07) is 0. The monoisotopic (exact) mass is 303 g/mol. The number of thiophene rings is 1. The van der Waals surface area contributed by atoms with Gasteiger partial charge in [0, 0.05) is 13.1 Å². The molecule has 7 heteroatoms. The Morgan fingerprint density at radius 2 is 1.95 bits per heavy atom. The number of methoxy groups -OCH3 is 1. The van der Waals surface area contributed by atoms with Crippen LogP contribution in [0, 0.1) is 6.92 Å². The van der Waals surface area contributed by atoms with Gasteiger partial charge in [0.1, 0.15) is 9.77 Å². The van der Waals surface area contributed by atoms with Crippen LogP contribution in [0.5, 0.6) is 0 Å². The average Bonchev–Trinajstić information content (AvgIpc) is 2.81. The zero-order chi connectivity index (χ0) is 14.0. The van der Waals surface area contributed by atoms with Gasteiger partial charge >= 0.3 is 5.97 Å². The Bertz CT molecular complexity index is 571. The van der Waals surface area contributed by atoms with Gasteiger partial charge < -0.3 is 4.74 Å². The summed E-state index contributed by atoms with van der Waals surface area (Å²) < 4.78 is 31.4. The Kier molecular flexibility index (Phi) is 4.27. The SMILES string of the molecule is COC(=O)c1scc(C)c1S(=O)(=O)N1CCCCC1. The highest BCUT2D eigenvalue weighted by molar-refractivity contribution is 7.89. The first kappa shape index (κ1) is 14.5. The van der Waals surface area contributed by atoms with Crippen LogP contribution in [0.4, 0.5) is 0 Å². The second-order valence-electron chi connectivity index (χ2n) is 4.53. The van der Waals surface area contributed by atoms with E-state index in [1.165, 1.54) is 11.4 Å². The van der Waals surface area contributed by atoms with Crippen molar-refractivity contribution < 1.29 is 17.9 Å². The predicted octanol–water partition coefficient (Wildman–Crippen LogP) is 2.02. The van der Waals surface area contributed by atoms with Gasteiger partial charge in [0.2, 0.25) is 10.0 Å². The third-order valence-corrected chi connectivity index (χ3v) is 6.50. The molecule has 1 saturated heterocycles. The molecular formula is C12H17NO4S2. The largest absolute Gasteiger partial charge is 0.465 e. The molecule has 1 aromatic heterocycles. The van der Waals surface area contributed by atoms with E-state index in [1.807, 2.05) is 0 Å². The van der Waals surface area contributed by atoms with Crippen LogP contribution in [0.3, 0.4) is 0 Å². The summed E-state index contributed by atoms with van der Waals surface area (Å²) in [5.41, 5.74) is 0.607. The molecule has 0 unspecified atom stereocenters. The van der Waals surface area contributed by atoms with Crippen molar-refractivity contribution >= 4 is 27.3 Å². The van der Waals surface area contributed by atoms with E-state index in [2.05, 4.69) is 4.74 Å². The van der Waals surface area contributed by atoms with E-state index in [0.29, 0.717) is 18.7 Å². The Morgan fingerprint density at radius 3 is 2.53 bits per heavy atom. The summed E-state index contributed by atoms with van der Waals surface area (Å²) in [7, 11) is -2.33. The van der Waals surface area contributed by atoms with E-state index < -0.39 is 16.0 Å². The third kappa shape index (κ3) is 2.68. The quantitative estimate of drug-likeness (QED) is 0.801. The van der Waals surface area contributed by atoms with Crippen LogP contribution in [-0.2, 0) is 14.8 Å². The van der Waals surface area contributed by atoms with Crippen LogP contribution in [0.2, 0.25) is 0 Å². The smallest absolute Gasteiger partial charge is 0.349 e. The summed E-state index contributed by atoms with van der Waals surface area (Å²) in [6.45, 7) is 2.76. The van der Waals surface area contributed by atoms with Gasteiger partial charge in [-0.1, -0.05) is 6.42 Å². The molecule has 0 aliphatic carbocycles. The molecule has 0 spiro atoms. The lowest BCUT2D eigenvalue weighted by molar-refractivity contribution is 0.0602. The average molecular weight is 303 g/mol. The van der Waals surface area contributed by atoms with Gasteiger partial charge in [-0.15, -0.1) is 11.3 Å². The maximum Gasteiger partial charge on any atom is 0.349 e. The van der Waals surface area contributed by atoms with E-state index in [0.717, 1.165) is 30.6 Å². The number of carbonyl (C=O) groups is 1. The van der Waals surface area contributed by atoms with Crippen molar-refractivity contribution in [1.29, 1.82) is 0 Å². The minimum absolute atomic E-state index is 0.117. The molecule has 2 heterocycles. The summed E-state index contributed by atoms with van der Waals surface area (Å²) in [4.78, 5) is 12.0. The topological polar surface area (TPSA) is 63.7 Å². The molecule has 0 saturated carbocycles. The highest BCUT2D eigenvalue weighted by Crippen LogP contribution is 2.31. The van der Waals surface area contributed by atoms with E-state index in [9.17, 15) is 13.2 Å². The molecule has 0 radical (unpaired) electrons. The standard InChI is InChI=1S/C12H17NO4S2/c1-9-8-18-10(12(14)17-2)11(9)19(15,16)13-6-4-3-5-7-13/h8H,3-7H2,1-2H3. The second-order valence-corrected chi connectivity index (χ2v) is 7.29. The van der Waals surface area contributed by atoms with Crippen molar-refractivity contribution in [3.8, 4) is 0 Å². The molecule has 0 aromatic carbocycles.